The fourth-order valence-electron chi connectivity index (χ4n) is 3.94. The third kappa shape index (κ3) is 4.16. The van der Waals surface area contributed by atoms with E-state index in [0.717, 1.165) is 11.3 Å². The second kappa shape index (κ2) is 8.20. The van der Waals surface area contributed by atoms with E-state index in [2.05, 4.69) is 9.97 Å². The first-order chi connectivity index (χ1) is 14.5. The molecule has 0 saturated carbocycles. The lowest BCUT2D eigenvalue weighted by molar-refractivity contribution is 0.0672. The minimum absolute atomic E-state index is 0.148. The number of benzene rings is 2. The van der Waals surface area contributed by atoms with Crippen LogP contribution in [0.2, 0.25) is 0 Å². The maximum Gasteiger partial charge on any atom is 0.254 e. The number of likely N-dealkylation sites (tertiary alicyclic amines) is 1. The van der Waals surface area contributed by atoms with Gasteiger partial charge in [-0.15, -0.1) is 0 Å². The predicted octanol–water partition coefficient (Wildman–Crippen LogP) is 3.04. The van der Waals surface area contributed by atoms with Crippen molar-refractivity contribution in [2.75, 3.05) is 18.8 Å². The Hall–Kier alpha value is -3.32. The van der Waals surface area contributed by atoms with Gasteiger partial charge >= 0.3 is 0 Å². The molecule has 0 spiro atoms. The second-order valence-electron chi connectivity index (χ2n) is 7.81. The molecular formula is C23H24FN5O. The average Bonchev–Trinajstić information content (AvgIpc) is 2.76. The van der Waals surface area contributed by atoms with Crippen LogP contribution in [0, 0.1) is 5.82 Å². The Morgan fingerprint density at radius 1 is 1.13 bits per heavy atom. The summed E-state index contributed by atoms with van der Waals surface area (Å²) in [5.74, 6) is -0.565. The predicted molar refractivity (Wildman–Crippen MR) is 114 cm³/mol. The number of halogens is 1. The zero-order valence-electron chi connectivity index (χ0n) is 16.6. The zero-order valence-corrected chi connectivity index (χ0v) is 16.6. The highest BCUT2D eigenvalue weighted by molar-refractivity contribution is 6.00. The molecule has 0 radical (unpaired) electrons. The number of rotatable bonds is 4. The number of nitrogen functional groups attached to an aromatic ring is 1. The van der Waals surface area contributed by atoms with Crippen LogP contribution < -0.4 is 11.5 Å². The Morgan fingerprint density at radius 3 is 2.60 bits per heavy atom. The van der Waals surface area contributed by atoms with E-state index in [4.69, 9.17) is 11.5 Å². The van der Waals surface area contributed by atoms with Gasteiger partial charge in [0, 0.05) is 41.6 Å². The number of hydrogen-bond donors (Lipinski definition) is 2. The minimum atomic E-state index is -0.416. The molecular weight excluding hydrogens is 381 g/mol. The highest BCUT2D eigenvalue weighted by Crippen LogP contribution is 2.29. The lowest BCUT2D eigenvalue weighted by Crippen LogP contribution is -2.53. The Bertz CT molecular complexity index is 1050. The maximum absolute atomic E-state index is 13.9. The summed E-state index contributed by atoms with van der Waals surface area (Å²) in [5, 5.41) is 0. The van der Waals surface area contributed by atoms with Crippen molar-refractivity contribution in [2.45, 2.75) is 24.8 Å². The van der Waals surface area contributed by atoms with Gasteiger partial charge in [0.15, 0.2) is 0 Å². The van der Waals surface area contributed by atoms with Crippen LogP contribution in [0.3, 0.4) is 0 Å². The molecule has 0 aliphatic carbocycles. The highest BCUT2D eigenvalue weighted by atomic mass is 19.1. The molecule has 154 valence electrons. The summed E-state index contributed by atoms with van der Waals surface area (Å²) in [6, 6.07) is 13.5. The van der Waals surface area contributed by atoms with E-state index < -0.39 is 11.4 Å². The van der Waals surface area contributed by atoms with E-state index in [0.29, 0.717) is 49.2 Å². The van der Waals surface area contributed by atoms with E-state index >= 15 is 0 Å². The molecule has 1 aliphatic heterocycles. The van der Waals surface area contributed by atoms with Crippen molar-refractivity contribution < 1.29 is 9.18 Å². The molecule has 2 aromatic carbocycles. The fraction of sp³-hybridized carbons (Fsp3) is 0.261. The standard InChI is InChI=1S/C23H24FN5O/c24-17-5-6-18(19(13-17)21-7-10-27-15-28-21)22(30)29-11-8-23(26,9-12-29)14-16-3-1-2-4-20(16)25/h1-7,10,13,15H,8-9,11-12,14,25-26H2. The lowest BCUT2D eigenvalue weighted by Gasteiger charge is -2.39. The van der Waals surface area contributed by atoms with Gasteiger partial charge in [-0.25, -0.2) is 14.4 Å². The molecule has 4 N–H and O–H groups in total. The summed E-state index contributed by atoms with van der Waals surface area (Å²) in [5.41, 5.74) is 15.5. The zero-order chi connectivity index (χ0) is 21.1. The molecule has 1 amide bonds. The second-order valence-corrected chi connectivity index (χ2v) is 7.81. The molecule has 1 fully saturated rings. The third-order valence-electron chi connectivity index (χ3n) is 5.71. The van der Waals surface area contributed by atoms with Crippen LogP contribution in [0.25, 0.3) is 11.3 Å². The largest absolute Gasteiger partial charge is 0.399 e. The molecule has 1 aromatic heterocycles. The Morgan fingerprint density at radius 2 is 1.90 bits per heavy atom. The number of amides is 1. The first-order valence-corrected chi connectivity index (χ1v) is 9.93. The molecule has 6 nitrogen and oxygen atoms in total. The lowest BCUT2D eigenvalue weighted by atomic mass is 9.82. The van der Waals surface area contributed by atoms with Gasteiger partial charge in [-0.1, -0.05) is 18.2 Å². The molecule has 0 bridgehead atoms. The van der Waals surface area contributed by atoms with Gasteiger partial charge in [0.05, 0.1) is 5.69 Å². The SMILES string of the molecule is Nc1ccccc1CC1(N)CCN(C(=O)c2ccc(F)cc2-c2ccncn2)CC1. The molecule has 0 unspecified atom stereocenters. The van der Waals surface area contributed by atoms with Crippen molar-refractivity contribution in [3.8, 4) is 11.3 Å². The van der Waals surface area contributed by atoms with Gasteiger partial charge in [-0.2, -0.15) is 0 Å². The van der Waals surface area contributed by atoms with Crippen molar-refractivity contribution in [2.24, 2.45) is 5.73 Å². The molecule has 30 heavy (non-hydrogen) atoms. The summed E-state index contributed by atoms with van der Waals surface area (Å²) in [7, 11) is 0. The summed E-state index contributed by atoms with van der Waals surface area (Å²) in [6.45, 7) is 1.06. The van der Waals surface area contributed by atoms with Gasteiger partial charge < -0.3 is 16.4 Å². The molecule has 7 heteroatoms. The van der Waals surface area contributed by atoms with Crippen LogP contribution in [0.5, 0.6) is 0 Å². The summed E-state index contributed by atoms with van der Waals surface area (Å²) in [4.78, 5) is 23.1. The number of aromatic nitrogens is 2. The van der Waals surface area contributed by atoms with Crippen molar-refractivity contribution in [3.05, 3.63) is 78.0 Å². The molecule has 3 aromatic rings. The molecule has 2 heterocycles. The van der Waals surface area contributed by atoms with Crippen molar-refractivity contribution >= 4 is 11.6 Å². The quantitative estimate of drug-likeness (QED) is 0.650. The molecule has 1 aliphatic rings. The monoisotopic (exact) mass is 405 g/mol. The Kier molecular flexibility index (Phi) is 5.46. The van der Waals surface area contributed by atoms with Crippen molar-refractivity contribution in [1.29, 1.82) is 0 Å². The van der Waals surface area contributed by atoms with Crippen LogP contribution in [0.1, 0.15) is 28.8 Å². The maximum atomic E-state index is 13.9. The van der Waals surface area contributed by atoms with Gasteiger partial charge in [0.25, 0.3) is 5.91 Å². The van der Waals surface area contributed by atoms with Gasteiger partial charge in [-0.3, -0.25) is 4.79 Å². The number of piperidine rings is 1. The number of hydrogen-bond acceptors (Lipinski definition) is 5. The Labute approximate surface area is 174 Å². The van der Waals surface area contributed by atoms with Gasteiger partial charge in [0.1, 0.15) is 12.1 Å². The summed E-state index contributed by atoms with van der Waals surface area (Å²) < 4.78 is 13.9. The molecule has 1 saturated heterocycles. The van der Waals surface area contributed by atoms with E-state index in [1.165, 1.54) is 24.5 Å². The van der Waals surface area contributed by atoms with E-state index in [1.54, 1.807) is 17.2 Å². The molecule has 0 atom stereocenters. The van der Waals surface area contributed by atoms with Gasteiger partial charge in [0.2, 0.25) is 0 Å². The number of nitrogens with zero attached hydrogens (tertiary/aromatic N) is 3. The van der Waals surface area contributed by atoms with Crippen LogP contribution in [-0.2, 0) is 6.42 Å². The van der Waals surface area contributed by atoms with Gasteiger partial charge in [-0.05, 0) is 55.2 Å². The number of para-hydroxylation sites is 1. The first-order valence-electron chi connectivity index (χ1n) is 9.93. The highest BCUT2D eigenvalue weighted by Gasteiger charge is 2.34. The van der Waals surface area contributed by atoms with Crippen molar-refractivity contribution in [1.82, 2.24) is 14.9 Å². The molecule has 4 rings (SSSR count). The normalized spacial score (nSPS) is 15.7. The van der Waals surface area contributed by atoms with Crippen LogP contribution in [-0.4, -0.2) is 39.4 Å². The van der Waals surface area contributed by atoms with Crippen LogP contribution >= 0.6 is 0 Å². The van der Waals surface area contributed by atoms with E-state index in [9.17, 15) is 9.18 Å². The van der Waals surface area contributed by atoms with E-state index in [1.807, 2.05) is 24.3 Å². The topological polar surface area (TPSA) is 98.1 Å². The van der Waals surface area contributed by atoms with Crippen molar-refractivity contribution in [3.63, 3.8) is 0 Å². The van der Waals surface area contributed by atoms with E-state index in [-0.39, 0.29) is 5.91 Å². The minimum Gasteiger partial charge on any atom is -0.399 e. The Balaban J connectivity index is 1.51. The number of anilines is 1. The van der Waals surface area contributed by atoms with Crippen LogP contribution in [0.4, 0.5) is 10.1 Å². The number of carbonyl (C=O) groups excluding carboxylic acids is 1. The average molecular weight is 405 g/mol. The smallest absolute Gasteiger partial charge is 0.254 e. The number of nitrogens with two attached hydrogens (primary N) is 2. The summed E-state index contributed by atoms with van der Waals surface area (Å²) in [6.07, 6.45) is 4.95. The van der Waals surface area contributed by atoms with Crippen LogP contribution in [0.15, 0.2) is 61.1 Å². The third-order valence-corrected chi connectivity index (χ3v) is 5.71. The summed E-state index contributed by atoms with van der Waals surface area (Å²) >= 11 is 0. The number of carbonyl (C=O) groups is 1. The fourth-order valence-corrected chi connectivity index (χ4v) is 3.94. The first kappa shape index (κ1) is 20.0.